The van der Waals surface area contributed by atoms with Crippen molar-refractivity contribution in [3.05, 3.63) is 0 Å². The van der Waals surface area contributed by atoms with Crippen LogP contribution in [-0.4, -0.2) is 47.2 Å². The van der Waals surface area contributed by atoms with Crippen molar-refractivity contribution in [3.63, 3.8) is 0 Å². The zero-order valence-electron chi connectivity index (χ0n) is 8.60. The molecule has 7 nitrogen and oxygen atoms in total. The zero-order chi connectivity index (χ0) is 12.1. The molecule has 1 aliphatic heterocycles. The number of carboxylic acid groups (broad SMARTS) is 1. The minimum atomic E-state index is -1.29. The van der Waals surface area contributed by atoms with Gasteiger partial charge < -0.3 is 20.8 Å². The molecule has 2 atom stereocenters. The van der Waals surface area contributed by atoms with Crippen LogP contribution in [0.1, 0.15) is 12.8 Å². The van der Waals surface area contributed by atoms with Crippen LogP contribution in [0.15, 0.2) is 0 Å². The Balaban J connectivity index is 2.45. The lowest BCUT2D eigenvalue weighted by molar-refractivity contribution is -0.144. The lowest BCUT2D eigenvalue weighted by Crippen LogP contribution is -2.49. The van der Waals surface area contributed by atoms with E-state index in [2.05, 4.69) is 10.6 Å². The van der Waals surface area contributed by atoms with Crippen LogP contribution in [-0.2, 0) is 14.4 Å². The fourth-order valence-corrected chi connectivity index (χ4v) is 1.43. The standard InChI is InChI=1S/C9H14N2O5/c12-4-6(9(15)16)11-8(14)5-1-2-7(13)10-3-5/h5-6,12H,1-4H2,(H,10,13)(H,11,14)(H,15,16). The van der Waals surface area contributed by atoms with Crippen LogP contribution in [0.2, 0.25) is 0 Å². The zero-order valence-corrected chi connectivity index (χ0v) is 8.60. The molecule has 1 fully saturated rings. The molecule has 0 aromatic rings. The molecule has 0 saturated carbocycles. The number of rotatable bonds is 4. The van der Waals surface area contributed by atoms with Crippen molar-refractivity contribution in [1.29, 1.82) is 0 Å². The number of aliphatic carboxylic acids is 1. The van der Waals surface area contributed by atoms with Crippen molar-refractivity contribution in [2.45, 2.75) is 18.9 Å². The maximum Gasteiger partial charge on any atom is 0.328 e. The topological polar surface area (TPSA) is 116 Å². The molecule has 16 heavy (non-hydrogen) atoms. The third-order valence-electron chi connectivity index (χ3n) is 2.43. The van der Waals surface area contributed by atoms with E-state index < -0.39 is 30.4 Å². The van der Waals surface area contributed by atoms with Crippen LogP contribution in [0.3, 0.4) is 0 Å². The first-order valence-corrected chi connectivity index (χ1v) is 4.95. The van der Waals surface area contributed by atoms with E-state index in [-0.39, 0.29) is 18.9 Å². The summed E-state index contributed by atoms with van der Waals surface area (Å²) in [6.45, 7) is -0.442. The Morgan fingerprint density at radius 1 is 1.56 bits per heavy atom. The Morgan fingerprint density at radius 2 is 2.25 bits per heavy atom. The van der Waals surface area contributed by atoms with E-state index in [1.54, 1.807) is 0 Å². The van der Waals surface area contributed by atoms with Crippen molar-refractivity contribution in [2.75, 3.05) is 13.2 Å². The highest BCUT2D eigenvalue weighted by Gasteiger charge is 2.27. The fraction of sp³-hybridized carbons (Fsp3) is 0.667. The van der Waals surface area contributed by atoms with Crippen LogP contribution in [0.5, 0.6) is 0 Å². The number of carbonyl (C=O) groups excluding carboxylic acids is 2. The van der Waals surface area contributed by atoms with Crippen LogP contribution < -0.4 is 10.6 Å². The molecule has 0 aromatic carbocycles. The maximum absolute atomic E-state index is 11.5. The second-order valence-electron chi connectivity index (χ2n) is 3.62. The fourth-order valence-electron chi connectivity index (χ4n) is 1.43. The van der Waals surface area contributed by atoms with Gasteiger partial charge in [-0.1, -0.05) is 0 Å². The van der Waals surface area contributed by atoms with Gasteiger partial charge in [-0.2, -0.15) is 0 Å². The summed E-state index contributed by atoms with van der Waals surface area (Å²) in [7, 11) is 0. The molecular weight excluding hydrogens is 216 g/mol. The maximum atomic E-state index is 11.5. The Morgan fingerprint density at radius 3 is 2.69 bits per heavy atom. The molecule has 1 heterocycles. The lowest BCUT2D eigenvalue weighted by atomic mass is 9.98. The molecule has 0 radical (unpaired) electrons. The van der Waals surface area contributed by atoms with Gasteiger partial charge in [0.2, 0.25) is 11.8 Å². The summed E-state index contributed by atoms with van der Waals surface area (Å²) in [5.74, 6) is -2.27. The van der Waals surface area contributed by atoms with E-state index in [9.17, 15) is 14.4 Å². The van der Waals surface area contributed by atoms with Crippen molar-refractivity contribution >= 4 is 17.8 Å². The minimum Gasteiger partial charge on any atom is -0.480 e. The van der Waals surface area contributed by atoms with Crippen molar-refractivity contribution in [3.8, 4) is 0 Å². The molecule has 0 aliphatic carbocycles. The summed E-state index contributed by atoms with van der Waals surface area (Å²) in [5, 5.41) is 22.1. The molecule has 1 rings (SSSR count). The van der Waals surface area contributed by atoms with Gasteiger partial charge in [0, 0.05) is 13.0 Å². The van der Waals surface area contributed by atoms with E-state index in [1.165, 1.54) is 0 Å². The second-order valence-corrected chi connectivity index (χ2v) is 3.62. The van der Waals surface area contributed by atoms with Crippen molar-refractivity contribution in [1.82, 2.24) is 10.6 Å². The molecule has 0 spiro atoms. The molecule has 0 aromatic heterocycles. The van der Waals surface area contributed by atoms with E-state index in [4.69, 9.17) is 10.2 Å². The quantitative estimate of drug-likeness (QED) is 0.449. The third-order valence-corrected chi connectivity index (χ3v) is 2.43. The van der Waals surface area contributed by atoms with E-state index in [0.29, 0.717) is 6.42 Å². The smallest absolute Gasteiger partial charge is 0.328 e. The summed E-state index contributed by atoms with van der Waals surface area (Å²) < 4.78 is 0. The van der Waals surface area contributed by atoms with E-state index in [0.717, 1.165) is 0 Å². The van der Waals surface area contributed by atoms with Gasteiger partial charge in [-0.05, 0) is 6.42 Å². The van der Waals surface area contributed by atoms with Gasteiger partial charge in [-0.15, -0.1) is 0 Å². The van der Waals surface area contributed by atoms with Crippen molar-refractivity contribution in [2.24, 2.45) is 5.92 Å². The van der Waals surface area contributed by atoms with E-state index in [1.807, 2.05) is 0 Å². The van der Waals surface area contributed by atoms with Gasteiger partial charge in [0.1, 0.15) is 6.04 Å². The number of carbonyl (C=O) groups is 3. The first kappa shape index (κ1) is 12.4. The summed E-state index contributed by atoms with van der Waals surface area (Å²) in [5.41, 5.74) is 0. The predicted molar refractivity (Wildman–Crippen MR) is 52.4 cm³/mol. The number of carboxylic acids is 1. The highest BCUT2D eigenvalue weighted by Crippen LogP contribution is 2.10. The molecule has 0 bridgehead atoms. The number of amides is 2. The molecule has 1 aliphatic rings. The number of piperidine rings is 1. The monoisotopic (exact) mass is 230 g/mol. The molecule has 2 amide bonds. The lowest BCUT2D eigenvalue weighted by Gasteiger charge is -2.23. The van der Waals surface area contributed by atoms with E-state index >= 15 is 0 Å². The average molecular weight is 230 g/mol. The van der Waals surface area contributed by atoms with Crippen LogP contribution in [0.25, 0.3) is 0 Å². The number of aliphatic hydroxyl groups excluding tert-OH is 1. The highest BCUT2D eigenvalue weighted by atomic mass is 16.4. The highest BCUT2D eigenvalue weighted by molar-refractivity contribution is 5.87. The summed E-state index contributed by atoms with van der Waals surface area (Å²) in [6, 6.07) is -1.29. The molecule has 7 heteroatoms. The van der Waals surface area contributed by atoms with Gasteiger partial charge in [0.15, 0.2) is 0 Å². The van der Waals surface area contributed by atoms with Gasteiger partial charge >= 0.3 is 5.97 Å². The van der Waals surface area contributed by atoms with Crippen molar-refractivity contribution < 1.29 is 24.6 Å². The molecule has 1 saturated heterocycles. The Labute approximate surface area is 91.8 Å². The first-order chi connectivity index (χ1) is 7.54. The summed E-state index contributed by atoms with van der Waals surface area (Å²) >= 11 is 0. The second kappa shape index (κ2) is 5.45. The van der Waals surface area contributed by atoms with Gasteiger partial charge in [0.25, 0.3) is 0 Å². The molecular formula is C9H14N2O5. The molecule has 90 valence electrons. The largest absolute Gasteiger partial charge is 0.480 e. The molecule has 4 N–H and O–H groups in total. The number of aliphatic hydroxyl groups is 1. The summed E-state index contributed by atoms with van der Waals surface area (Å²) in [6.07, 6.45) is 0.657. The first-order valence-electron chi connectivity index (χ1n) is 4.95. The SMILES string of the molecule is O=C1CCC(C(=O)NC(CO)C(=O)O)CN1. The normalized spacial score (nSPS) is 22.1. The Hall–Kier alpha value is -1.63. The summed E-state index contributed by atoms with van der Waals surface area (Å²) in [4.78, 5) is 32.9. The Bertz CT molecular complexity index is 294. The average Bonchev–Trinajstić information content (AvgIpc) is 2.26. The van der Waals surface area contributed by atoms with Gasteiger partial charge in [-0.25, -0.2) is 4.79 Å². The Kier molecular flexibility index (Phi) is 4.24. The van der Waals surface area contributed by atoms with Gasteiger partial charge in [0.05, 0.1) is 12.5 Å². The number of hydrogen-bond donors (Lipinski definition) is 4. The minimum absolute atomic E-state index is 0.110. The van der Waals surface area contributed by atoms with Crippen LogP contribution in [0.4, 0.5) is 0 Å². The van der Waals surface area contributed by atoms with Crippen LogP contribution in [0, 0.1) is 5.92 Å². The molecule has 2 unspecified atom stereocenters. The van der Waals surface area contributed by atoms with Crippen LogP contribution >= 0.6 is 0 Å². The van der Waals surface area contributed by atoms with Gasteiger partial charge in [-0.3, -0.25) is 9.59 Å². The number of nitrogens with one attached hydrogen (secondary N) is 2. The number of hydrogen-bond acceptors (Lipinski definition) is 4. The predicted octanol–water partition coefficient (Wildman–Crippen LogP) is -1.93. The third kappa shape index (κ3) is 3.20.